The van der Waals surface area contributed by atoms with Gasteiger partial charge in [-0.2, -0.15) is 0 Å². The molecule has 0 atom stereocenters. The van der Waals surface area contributed by atoms with E-state index in [1.807, 2.05) is 0 Å². The molecule has 3 N–H and O–H groups in total. The largest absolute Gasteiger partial charge is 0.480 e. The summed E-state index contributed by atoms with van der Waals surface area (Å²) in [5.74, 6) is -0.528. The normalized spacial score (nSPS) is 11.0. The first-order valence-electron chi connectivity index (χ1n) is 4.95. The molecule has 0 aromatic carbocycles. The summed E-state index contributed by atoms with van der Waals surface area (Å²) in [6.45, 7) is 2.98. The van der Waals surface area contributed by atoms with Gasteiger partial charge in [-0.3, -0.25) is 0 Å². The number of aryl methyl sites for hydroxylation is 1. The van der Waals surface area contributed by atoms with Gasteiger partial charge in [-0.05, 0) is 13.8 Å². The third-order valence-corrected chi connectivity index (χ3v) is 2.17. The molecule has 0 aliphatic heterocycles. The number of hydrogen-bond donors (Lipinski definition) is 3. The zero-order valence-corrected chi connectivity index (χ0v) is 9.89. The summed E-state index contributed by atoms with van der Waals surface area (Å²) in [4.78, 5) is 22.2. The van der Waals surface area contributed by atoms with Crippen LogP contribution in [0.15, 0.2) is 6.33 Å². The van der Waals surface area contributed by atoms with Crippen LogP contribution in [0.4, 0.5) is 4.79 Å². The smallest absolute Gasteiger partial charge is 0.328 e. The van der Waals surface area contributed by atoms with E-state index < -0.39 is 17.5 Å². The average molecular weight is 241 g/mol. The summed E-state index contributed by atoms with van der Waals surface area (Å²) >= 11 is 0. The van der Waals surface area contributed by atoms with Gasteiger partial charge < -0.3 is 20.3 Å². The second-order valence-corrected chi connectivity index (χ2v) is 4.10. The van der Waals surface area contributed by atoms with E-state index >= 15 is 0 Å². The maximum atomic E-state index is 11.4. The van der Waals surface area contributed by atoms with E-state index in [1.165, 1.54) is 20.2 Å². The zero-order chi connectivity index (χ0) is 13.1. The van der Waals surface area contributed by atoms with E-state index in [2.05, 4.69) is 20.8 Å². The molecule has 0 saturated carbocycles. The molecule has 0 aliphatic rings. The lowest BCUT2D eigenvalue weighted by atomic mass is 10.1. The highest BCUT2D eigenvalue weighted by Gasteiger charge is 2.28. The van der Waals surface area contributed by atoms with Crippen molar-refractivity contribution in [3.05, 3.63) is 12.2 Å². The summed E-state index contributed by atoms with van der Waals surface area (Å²) < 4.78 is 1.66. The van der Waals surface area contributed by atoms with Crippen LogP contribution >= 0.6 is 0 Å². The van der Waals surface area contributed by atoms with Crippen molar-refractivity contribution in [3.63, 3.8) is 0 Å². The van der Waals surface area contributed by atoms with Gasteiger partial charge in [0.2, 0.25) is 0 Å². The third kappa shape index (κ3) is 3.44. The van der Waals surface area contributed by atoms with Gasteiger partial charge in [0, 0.05) is 7.05 Å². The lowest BCUT2D eigenvalue weighted by Gasteiger charge is -2.21. The fourth-order valence-corrected chi connectivity index (χ4v) is 1.01. The van der Waals surface area contributed by atoms with Crippen LogP contribution in [0.1, 0.15) is 19.7 Å². The fourth-order valence-electron chi connectivity index (χ4n) is 1.01. The summed E-state index contributed by atoms with van der Waals surface area (Å²) in [6, 6.07) is -0.569. The van der Waals surface area contributed by atoms with Gasteiger partial charge in [0.1, 0.15) is 11.9 Å². The van der Waals surface area contributed by atoms with E-state index in [1.54, 1.807) is 11.6 Å². The van der Waals surface area contributed by atoms with Crippen LogP contribution in [0, 0.1) is 0 Å². The molecular formula is C9H15N5O3. The number of aliphatic carboxylic acids is 1. The summed E-state index contributed by atoms with van der Waals surface area (Å²) in [5.41, 5.74) is -1.32. The molecule has 1 aromatic heterocycles. The Morgan fingerprint density at radius 3 is 2.65 bits per heavy atom. The Hall–Kier alpha value is -2.12. The van der Waals surface area contributed by atoms with Crippen molar-refractivity contribution in [2.45, 2.75) is 25.9 Å². The first-order valence-corrected chi connectivity index (χ1v) is 4.95. The van der Waals surface area contributed by atoms with Crippen molar-refractivity contribution in [2.24, 2.45) is 7.05 Å². The molecule has 0 unspecified atom stereocenters. The van der Waals surface area contributed by atoms with E-state index in [0.29, 0.717) is 5.82 Å². The minimum Gasteiger partial charge on any atom is -0.480 e. The number of carboxylic acid groups (broad SMARTS) is 1. The molecule has 0 spiro atoms. The van der Waals surface area contributed by atoms with Crippen molar-refractivity contribution in [3.8, 4) is 0 Å². The van der Waals surface area contributed by atoms with E-state index in [0.717, 1.165) is 0 Å². The van der Waals surface area contributed by atoms with Gasteiger partial charge in [-0.15, -0.1) is 10.2 Å². The van der Waals surface area contributed by atoms with E-state index in [9.17, 15) is 9.59 Å². The molecular weight excluding hydrogens is 226 g/mol. The highest BCUT2D eigenvalue weighted by Crippen LogP contribution is 2.01. The summed E-state index contributed by atoms with van der Waals surface area (Å²) in [5, 5.41) is 21.1. The maximum absolute atomic E-state index is 11.4. The SMILES string of the molecule is Cn1cnnc1CNC(=O)NC(C)(C)C(=O)O. The maximum Gasteiger partial charge on any atom is 0.328 e. The Kier molecular flexibility index (Phi) is 3.66. The Labute approximate surface area is 98.0 Å². The van der Waals surface area contributed by atoms with Crippen molar-refractivity contribution >= 4 is 12.0 Å². The van der Waals surface area contributed by atoms with Gasteiger partial charge >= 0.3 is 12.0 Å². The van der Waals surface area contributed by atoms with Gasteiger partial charge in [-0.1, -0.05) is 0 Å². The molecule has 1 aromatic rings. The second-order valence-electron chi connectivity index (χ2n) is 4.10. The zero-order valence-electron chi connectivity index (χ0n) is 9.89. The van der Waals surface area contributed by atoms with E-state index in [4.69, 9.17) is 5.11 Å². The highest BCUT2D eigenvalue weighted by atomic mass is 16.4. The Morgan fingerprint density at radius 1 is 1.53 bits per heavy atom. The highest BCUT2D eigenvalue weighted by molar-refractivity contribution is 5.85. The van der Waals surface area contributed by atoms with Crippen molar-refractivity contribution in [2.75, 3.05) is 0 Å². The monoisotopic (exact) mass is 241 g/mol. The number of amides is 2. The first-order chi connectivity index (χ1) is 7.83. The van der Waals surface area contributed by atoms with Gasteiger partial charge in [-0.25, -0.2) is 9.59 Å². The van der Waals surface area contributed by atoms with E-state index in [-0.39, 0.29) is 6.54 Å². The standard InChI is InChI=1S/C9H15N5O3/c1-9(2,7(15)16)12-8(17)10-4-6-13-11-5-14(6)3/h5H,4H2,1-3H3,(H,15,16)(H2,10,12,17). The van der Waals surface area contributed by atoms with Crippen LogP contribution in [0.2, 0.25) is 0 Å². The molecule has 0 bridgehead atoms. The number of carbonyl (C=O) groups is 2. The number of carboxylic acids is 1. The van der Waals surface area contributed by atoms with Crippen LogP contribution < -0.4 is 10.6 Å². The fraction of sp³-hybridized carbons (Fsp3) is 0.556. The topological polar surface area (TPSA) is 109 Å². The van der Waals surface area contributed by atoms with Gasteiger partial charge in [0.25, 0.3) is 0 Å². The van der Waals surface area contributed by atoms with Crippen molar-refractivity contribution in [1.29, 1.82) is 0 Å². The van der Waals surface area contributed by atoms with Crippen LogP contribution in [-0.4, -0.2) is 37.4 Å². The average Bonchev–Trinajstić information content (AvgIpc) is 2.60. The molecule has 0 radical (unpaired) electrons. The number of urea groups is 1. The lowest BCUT2D eigenvalue weighted by molar-refractivity contribution is -0.142. The molecule has 1 heterocycles. The second kappa shape index (κ2) is 4.81. The molecule has 94 valence electrons. The van der Waals surface area contributed by atoms with Crippen LogP contribution in [0.25, 0.3) is 0 Å². The number of nitrogens with zero attached hydrogens (tertiary/aromatic N) is 3. The molecule has 0 aliphatic carbocycles. The van der Waals surface area contributed by atoms with Gasteiger partial charge in [0.05, 0.1) is 6.54 Å². The molecule has 8 heteroatoms. The minimum absolute atomic E-state index is 0.179. The Bertz CT molecular complexity index is 426. The van der Waals surface area contributed by atoms with Crippen LogP contribution in [-0.2, 0) is 18.4 Å². The third-order valence-electron chi connectivity index (χ3n) is 2.17. The molecule has 1 rings (SSSR count). The summed E-state index contributed by atoms with van der Waals surface area (Å²) in [7, 11) is 1.75. The number of nitrogens with one attached hydrogen (secondary N) is 2. The number of hydrogen-bond acceptors (Lipinski definition) is 4. The van der Waals surface area contributed by atoms with Crippen LogP contribution in [0.3, 0.4) is 0 Å². The molecule has 17 heavy (non-hydrogen) atoms. The molecule has 0 saturated heterocycles. The van der Waals surface area contributed by atoms with Crippen molar-refractivity contribution < 1.29 is 14.7 Å². The Morgan fingerprint density at radius 2 is 2.18 bits per heavy atom. The number of aromatic nitrogens is 3. The quantitative estimate of drug-likeness (QED) is 0.657. The number of carbonyl (C=O) groups excluding carboxylic acids is 1. The van der Waals surface area contributed by atoms with Gasteiger partial charge in [0.15, 0.2) is 5.82 Å². The predicted octanol–water partition coefficient (Wildman–Crippen LogP) is -0.522. The lowest BCUT2D eigenvalue weighted by Crippen LogP contribution is -2.53. The van der Waals surface area contributed by atoms with Crippen molar-refractivity contribution in [1.82, 2.24) is 25.4 Å². The summed E-state index contributed by atoms with van der Waals surface area (Å²) in [6.07, 6.45) is 1.51. The molecule has 2 amide bonds. The molecule has 8 nitrogen and oxygen atoms in total. The minimum atomic E-state index is -1.32. The van der Waals surface area contributed by atoms with Crippen LogP contribution in [0.5, 0.6) is 0 Å². The molecule has 0 fully saturated rings. The predicted molar refractivity (Wildman–Crippen MR) is 58.1 cm³/mol. The Balaban J connectivity index is 2.46. The first kappa shape index (κ1) is 12.9. The number of rotatable bonds is 4.